The highest BCUT2D eigenvalue weighted by atomic mass is 16.6. The Morgan fingerprint density at radius 2 is 2.05 bits per heavy atom. The molecule has 112 valence electrons. The minimum Gasteiger partial charge on any atom is -0.481 e. The lowest BCUT2D eigenvalue weighted by molar-refractivity contribution is -0.384. The predicted octanol–water partition coefficient (Wildman–Crippen LogP) is 1.98. The number of nitro benzene ring substituents is 1. The van der Waals surface area contributed by atoms with Crippen LogP contribution in [0.5, 0.6) is 0 Å². The number of amides is 1. The molecule has 0 saturated carbocycles. The van der Waals surface area contributed by atoms with Crippen molar-refractivity contribution in [1.82, 2.24) is 4.90 Å². The Morgan fingerprint density at radius 3 is 2.52 bits per heavy atom. The van der Waals surface area contributed by atoms with Crippen LogP contribution in [0, 0.1) is 16.0 Å². The molecule has 7 nitrogen and oxygen atoms in total. The molecule has 1 aliphatic heterocycles. The minimum absolute atomic E-state index is 0.0308. The van der Waals surface area contributed by atoms with Crippen LogP contribution in [0.25, 0.3) is 0 Å². The van der Waals surface area contributed by atoms with Crippen LogP contribution in [0.15, 0.2) is 24.3 Å². The Kier molecular flexibility index (Phi) is 4.21. The van der Waals surface area contributed by atoms with Crippen molar-refractivity contribution in [2.75, 3.05) is 6.54 Å². The average Bonchev–Trinajstić information content (AvgIpc) is 2.77. The first-order valence-corrected chi connectivity index (χ1v) is 6.72. The number of rotatable bonds is 5. The van der Waals surface area contributed by atoms with E-state index < -0.39 is 22.9 Å². The van der Waals surface area contributed by atoms with Crippen molar-refractivity contribution < 1.29 is 19.6 Å². The molecule has 0 spiro atoms. The van der Waals surface area contributed by atoms with Gasteiger partial charge in [0.25, 0.3) is 5.69 Å². The molecule has 1 saturated heterocycles. The number of benzene rings is 1. The molecule has 21 heavy (non-hydrogen) atoms. The fourth-order valence-corrected chi connectivity index (χ4v) is 2.72. The maximum atomic E-state index is 12.0. The number of hydrogen-bond donors (Lipinski definition) is 1. The van der Waals surface area contributed by atoms with Crippen molar-refractivity contribution in [2.45, 2.75) is 25.8 Å². The van der Waals surface area contributed by atoms with E-state index in [-0.39, 0.29) is 18.0 Å². The van der Waals surface area contributed by atoms with E-state index in [2.05, 4.69) is 0 Å². The molecule has 0 aromatic heterocycles. The van der Waals surface area contributed by atoms with E-state index in [1.54, 1.807) is 4.90 Å². The number of carbonyl (C=O) groups excluding carboxylic acids is 1. The van der Waals surface area contributed by atoms with Gasteiger partial charge in [0.15, 0.2) is 0 Å². The summed E-state index contributed by atoms with van der Waals surface area (Å²) in [7, 11) is 0. The molecule has 1 N–H and O–H groups in total. The Bertz CT molecular complexity index is 569. The number of aliphatic carboxylic acids is 1. The van der Waals surface area contributed by atoms with Crippen molar-refractivity contribution in [3.05, 3.63) is 39.9 Å². The summed E-state index contributed by atoms with van der Waals surface area (Å²) in [6, 6.07) is 5.17. The first kappa shape index (κ1) is 15.0. The molecular formula is C14H16N2O5. The predicted molar refractivity (Wildman–Crippen MR) is 73.6 cm³/mol. The molecule has 2 rings (SSSR count). The summed E-state index contributed by atoms with van der Waals surface area (Å²) in [6.07, 6.45) is 0.693. The molecule has 2 unspecified atom stereocenters. The van der Waals surface area contributed by atoms with Gasteiger partial charge in [-0.25, -0.2) is 0 Å². The first-order valence-electron chi connectivity index (χ1n) is 6.72. The number of carboxylic acid groups (broad SMARTS) is 1. The Balaban J connectivity index is 2.37. The zero-order valence-electron chi connectivity index (χ0n) is 11.6. The highest BCUT2D eigenvalue weighted by molar-refractivity contribution is 5.87. The van der Waals surface area contributed by atoms with E-state index in [4.69, 9.17) is 0 Å². The van der Waals surface area contributed by atoms with Gasteiger partial charge in [0.2, 0.25) is 5.91 Å². The summed E-state index contributed by atoms with van der Waals surface area (Å²) in [5.74, 6) is -2.02. The summed E-state index contributed by atoms with van der Waals surface area (Å²) in [5.41, 5.74) is 0.560. The van der Waals surface area contributed by atoms with Gasteiger partial charge in [0.1, 0.15) is 0 Å². The van der Waals surface area contributed by atoms with Gasteiger partial charge in [-0.05, 0) is 12.0 Å². The van der Waals surface area contributed by atoms with Crippen LogP contribution < -0.4 is 0 Å². The number of hydrogen-bond acceptors (Lipinski definition) is 4. The summed E-state index contributed by atoms with van der Waals surface area (Å²) in [5, 5.41) is 20.0. The fourth-order valence-electron chi connectivity index (χ4n) is 2.72. The Morgan fingerprint density at radius 1 is 1.43 bits per heavy atom. The van der Waals surface area contributed by atoms with Crippen LogP contribution in [0.1, 0.15) is 31.4 Å². The highest BCUT2D eigenvalue weighted by Gasteiger charge is 2.44. The van der Waals surface area contributed by atoms with Crippen molar-refractivity contribution in [3.63, 3.8) is 0 Å². The van der Waals surface area contributed by atoms with E-state index in [9.17, 15) is 24.8 Å². The van der Waals surface area contributed by atoms with Crippen molar-refractivity contribution in [1.29, 1.82) is 0 Å². The molecule has 1 aliphatic rings. The van der Waals surface area contributed by atoms with Gasteiger partial charge in [-0.2, -0.15) is 0 Å². The summed E-state index contributed by atoms with van der Waals surface area (Å²) in [6.45, 7) is 2.39. The number of nitro groups is 1. The second-order valence-corrected chi connectivity index (χ2v) is 5.03. The molecule has 0 aliphatic carbocycles. The van der Waals surface area contributed by atoms with Crippen molar-refractivity contribution in [3.8, 4) is 0 Å². The van der Waals surface area contributed by atoms with Gasteiger partial charge < -0.3 is 10.0 Å². The monoisotopic (exact) mass is 292 g/mol. The molecular weight excluding hydrogens is 276 g/mol. The third-order valence-corrected chi connectivity index (χ3v) is 3.66. The van der Waals surface area contributed by atoms with Gasteiger partial charge >= 0.3 is 5.97 Å². The second-order valence-electron chi connectivity index (χ2n) is 5.03. The van der Waals surface area contributed by atoms with Crippen LogP contribution in [-0.2, 0) is 9.59 Å². The third kappa shape index (κ3) is 2.86. The lowest BCUT2D eigenvalue weighted by Crippen LogP contribution is -2.31. The van der Waals surface area contributed by atoms with E-state index in [1.165, 1.54) is 24.3 Å². The molecule has 0 radical (unpaired) electrons. The molecule has 1 aromatic rings. The SMILES string of the molecule is CCCN1C(=O)CC(C(=O)O)C1c1ccc([N+](=O)[O-])cc1. The molecule has 1 fully saturated rings. The topological polar surface area (TPSA) is 101 Å². The summed E-state index contributed by atoms with van der Waals surface area (Å²) >= 11 is 0. The summed E-state index contributed by atoms with van der Waals surface area (Å²) in [4.78, 5) is 35.1. The number of non-ortho nitro benzene ring substituents is 1. The zero-order valence-corrected chi connectivity index (χ0v) is 11.6. The highest BCUT2D eigenvalue weighted by Crippen LogP contribution is 2.38. The minimum atomic E-state index is -1.02. The normalized spacial score (nSPS) is 21.6. The van der Waals surface area contributed by atoms with Crippen LogP contribution in [0.2, 0.25) is 0 Å². The van der Waals surface area contributed by atoms with E-state index in [0.717, 1.165) is 6.42 Å². The van der Waals surface area contributed by atoms with E-state index in [1.807, 2.05) is 6.92 Å². The quantitative estimate of drug-likeness (QED) is 0.660. The standard InChI is InChI=1S/C14H16N2O5/c1-2-7-15-12(17)8-11(14(18)19)13(15)9-3-5-10(6-4-9)16(20)21/h3-6,11,13H,2,7-8H2,1H3,(H,18,19). The van der Waals surface area contributed by atoms with Gasteiger partial charge in [-0.1, -0.05) is 19.1 Å². The molecule has 2 atom stereocenters. The molecule has 1 heterocycles. The second kappa shape index (κ2) is 5.90. The number of carboxylic acids is 1. The number of carbonyl (C=O) groups is 2. The van der Waals surface area contributed by atoms with Crippen molar-refractivity contribution >= 4 is 17.6 Å². The van der Waals surface area contributed by atoms with Gasteiger partial charge in [0.05, 0.1) is 16.9 Å². The fraction of sp³-hybridized carbons (Fsp3) is 0.429. The molecule has 0 bridgehead atoms. The number of likely N-dealkylation sites (tertiary alicyclic amines) is 1. The van der Waals surface area contributed by atoms with Crippen molar-refractivity contribution in [2.24, 2.45) is 5.92 Å². The number of nitrogens with zero attached hydrogens (tertiary/aromatic N) is 2. The third-order valence-electron chi connectivity index (χ3n) is 3.66. The van der Waals surface area contributed by atoms with Crippen LogP contribution >= 0.6 is 0 Å². The van der Waals surface area contributed by atoms with Gasteiger partial charge in [-0.15, -0.1) is 0 Å². The zero-order chi connectivity index (χ0) is 15.6. The van der Waals surface area contributed by atoms with Gasteiger partial charge in [-0.3, -0.25) is 19.7 Å². The van der Waals surface area contributed by atoms with E-state index >= 15 is 0 Å². The Labute approximate surface area is 121 Å². The lowest BCUT2D eigenvalue weighted by atomic mass is 9.93. The van der Waals surface area contributed by atoms with Crippen LogP contribution in [0.3, 0.4) is 0 Å². The smallest absolute Gasteiger partial charge is 0.309 e. The lowest BCUT2D eigenvalue weighted by Gasteiger charge is -2.26. The summed E-state index contributed by atoms with van der Waals surface area (Å²) < 4.78 is 0. The average molecular weight is 292 g/mol. The van der Waals surface area contributed by atoms with Crippen LogP contribution in [0.4, 0.5) is 5.69 Å². The van der Waals surface area contributed by atoms with Crippen LogP contribution in [-0.4, -0.2) is 33.4 Å². The van der Waals surface area contributed by atoms with Gasteiger partial charge in [0, 0.05) is 25.1 Å². The maximum Gasteiger partial charge on any atom is 0.309 e. The maximum absolute atomic E-state index is 12.0. The van der Waals surface area contributed by atoms with E-state index in [0.29, 0.717) is 12.1 Å². The Hall–Kier alpha value is -2.44. The molecule has 1 aromatic carbocycles. The molecule has 1 amide bonds. The first-order chi connectivity index (χ1) is 9.95. The molecule has 7 heteroatoms. The largest absolute Gasteiger partial charge is 0.481 e.